The number of halogens is 1. The van der Waals surface area contributed by atoms with E-state index in [1.807, 2.05) is 27.7 Å². The van der Waals surface area contributed by atoms with Crippen LogP contribution in [0.1, 0.15) is 46.2 Å². The summed E-state index contributed by atoms with van der Waals surface area (Å²) in [7, 11) is 0. The molecule has 0 aliphatic carbocycles. The number of urea groups is 2. The Hall–Kier alpha value is -3.14. The first-order valence-electron chi connectivity index (χ1n) is 12.1. The number of rotatable bonds is 6. The lowest BCUT2D eigenvalue weighted by molar-refractivity contribution is -0.139. The number of ether oxygens (including phenoxy) is 1. The van der Waals surface area contributed by atoms with Crippen molar-refractivity contribution >= 4 is 18.0 Å². The number of nitrogens with zero attached hydrogens (tertiary/aromatic N) is 3. The Kier molecular flexibility index (Phi) is 8.37. The summed E-state index contributed by atoms with van der Waals surface area (Å²) < 4.78 is 19.4. The molecule has 0 saturated carbocycles. The van der Waals surface area contributed by atoms with E-state index in [-0.39, 0.29) is 24.2 Å². The Balaban J connectivity index is 1.89. The Morgan fingerprint density at radius 3 is 2.43 bits per heavy atom. The van der Waals surface area contributed by atoms with E-state index in [2.05, 4.69) is 15.5 Å². The number of esters is 1. The van der Waals surface area contributed by atoms with Gasteiger partial charge in [-0.2, -0.15) is 0 Å². The van der Waals surface area contributed by atoms with Gasteiger partial charge >= 0.3 is 18.0 Å². The molecule has 4 amide bonds. The number of likely N-dealkylation sites (N-methyl/N-ethyl adjacent to an activating group) is 1. The van der Waals surface area contributed by atoms with E-state index in [1.54, 1.807) is 24.0 Å². The second kappa shape index (κ2) is 11.1. The monoisotopic (exact) mass is 489 g/mol. The molecule has 1 aromatic carbocycles. The molecular weight excluding hydrogens is 453 g/mol. The first kappa shape index (κ1) is 26.5. The highest BCUT2D eigenvalue weighted by molar-refractivity contribution is 5.95. The molecule has 0 aromatic heterocycles. The van der Waals surface area contributed by atoms with Gasteiger partial charge in [-0.25, -0.2) is 18.8 Å². The van der Waals surface area contributed by atoms with Gasteiger partial charge in [0.1, 0.15) is 5.82 Å². The van der Waals surface area contributed by atoms with Crippen LogP contribution in [0.3, 0.4) is 0 Å². The molecule has 192 valence electrons. The summed E-state index contributed by atoms with van der Waals surface area (Å²) in [6.07, 6.45) is 0. The van der Waals surface area contributed by atoms with Gasteiger partial charge in [0.25, 0.3) is 0 Å². The number of piperazine rings is 1. The Morgan fingerprint density at radius 2 is 1.86 bits per heavy atom. The topological polar surface area (TPSA) is 94.2 Å². The Labute approximate surface area is 206 Å². The van der Waals surface area contributed by atoms with Crippen LogP contribution in [0.15, 0.2) is 35.5 Å². The molecule has 1 saturated heterocycles. The first-order valence-corrected chi connectivity index (χ1v) is 12.1. The van der Waals surface area contributed by atoms with Crippen molar-refractivity contribution in [2.75, 3.05) is 45.9 Å². The van der Waals surface area contributed by atoms with E-state index < -0.39 is 17.8 Å². The van der Waals surface area contributed by atoms with Crippen molar-refractivity contribution in [2.24, 2.45) is 0 Å². The molecule has 2 aliphatic rings. The van der Waals surface area contributed by atoms with E-state index in [0.717, 1.165) is 0 Å². The average Bonchev–Trinajstić information content (AvgIpc) is 2.78. The molecule has 3 rings (SSSR count). The summed E-state index contributed by atoms with van der Waals surface area (Å²) in [5.41, 5.74) is 0.984. The molecule has 2 aliphatic heterocycles. The summed E-state index contributed by atoms with van der Waals surface area (Å²) in [5, 5.41) is 5.82. The number of amides is 4. The Bertz CT molecular complexity index is 982. The molecule has 0 bridgehead atoms. The number of nitrogens with one attached hydrogen (secondary N) is 2. The number of hydrogen-bond acceptors (Lipinski definition) is 5. The molecule has 1 fully saturated rings. The summed E-state index contributed by atoms with van der Waals surface area (Å²) in [5.74, 6) is -0.998. The summed E-state index contributed by atoms with van der Waals surface area (Å²) >= 11 is 0. The third kappa shape index (κ3) is 6.50. The molecule has 2 heterocycles. The minimum absolute atomic E-state index is 0.109. The first-order chi connectivity index (χ1) is 16.5. The highest BCUT2D eigenvalue weighted by atomic mass is 19.1. The van der Waals surface area contributed by atoms with Crippen LogP contribution in [-0.4, -0.2) is 84.1 Å². The van der Waals surface area contributed by atoms with Crippen LogP contribution in [-0.2, 0) is 9.53 Å². The van der Waals surface area contributed by atoms with Gasteiger partial charge < -0.3 is 20.3 Å². The molecule has 0 unspecified atom stereocenters. The maximum absolute atomic E-state index is 14.0. The average molecular weight is 490 g/mol. The number of carbonyl (C=O) groups excluding carboxylic acids is 3. The van der Waals surface area contributed by atoms with Crippen LogP contribution in [0, 0.1) is 5.82 Å². The van der Waals surface area contributed by atoms with Crippen molar-refractivity contribution in [1.29, 1.82) is 0 Å². The molecule has 10 heteroatoms. The van der Waals surface area contributed by atoms with Gasteiger partial charge in [0, 0.05) is 50.5 Å². The van der Waals surface area contributed by atoms with Gasteiger partial charge in [0.05, 0.1) is 18.2 Å². The van der Waals surface area contributed by atoms with E-state index in [0.29, 0.717) is 56.1 Å². The van der Waals surface area contributed by atoms with E-state index in [9.17, 15) is 18.8 Å². The zero-order valence-electron chi connectivity index (χ0n) is 21.2. The van der Waals surface area contributed by atoms with Crippen LogP contribution < -0.4 is 10.6 Å². The van der Waals surface area contributed by atoms with Gasteiger partial charge in [-0.1, -0.05) is 12.1 Å². The fourth-order valence-corrected chi connectivity index (χ4v) is 4.31. The maximum Gasteiger partial charge on any atom is 0.338 e. The third-order valence-electron chi connectivity index (χ3n) is 5.95. The molecular formula is C25H36FN5O4. The van der Waals surface area contributed by atoms with Crippen LogP contribution in [0.25, 0.3) is 0 Å². The number of benzene rings is 1. The zero-order valence-corrected chi connectivity index (χ0v) is 21.2. The van der Waals surface area contributed by atoms with E-state index in [4.69, 9.17) is 4.74 Å². The SMILES string of the molecule is CCOC(=O)C1=C(CN2CCN(C(=O)NC(C)(C)C)CC2)N(CC)C(=O)N[C@H]1c1cccc(F)c1. The largest absolute Gasteiger partial charge is 0.463 e. The van der Waals surface area contributed by atoms with E-state index >= 15 is 0 Å². The summed E-state index contributed by atoms with van der Waals surface area (Å²) in [6.45, 7) is 12.4. The predicted octanol–water partition coefficient (Wildman–Crippen LogP) is 2.85. The van der Waals surface area contributed by atoms with Gasteiger partial charge in [-0.05, 0) is 52.3 Å². The van der Waals surface area contributed by atoms with Gasteiger partial charge in [0.15, 0.2) is 0 Å². The lowest BCUT2D eigenvalue weighted by Crippen LogP contribution is -2.56. The standard InChI is InChI=1S/C25H36FN5O4/c1-6-31-19(16-29-11-13-30(14-12-29)24(34)28-25(3,4)5)20(22(32)35-7-2)21(27-23(31)33)17-9-8-10-18(26)15-17/h8-10,15,21H,6-7,11-14,16H2,1-5H3,(H,27,33)(H,28,34)/t21-/m0/s1. The fraction of sp³-hybridized carbons (Fsp3) is 0.560. The minimum Gasteiger partial charge on any atom is -0.463 e. The molecule has 2 N–H and O–H groups in total. The Morgan fingerprint density at radius 1 is 1.17 bits per heavy atom. The second-order valence-corrected chi connectivity index (χ2v) is 9.71. The second-order valence-electron chi connectivity index (χ2n) is 9.71. The number of hydrogen-bond donors (Lipinski definition) is 2. The van der Waals surface area contributed by atoms with Crippen LogP contribution in [0.2, 0.25) is 0 Å². The zero-order chi connectivity index (χ0) is 25.8. The van der Waals surface area contributed by atoms with Crippen molar-refractivity contribution < 1.29 is 23.5 Å². The van der Waals surface area contributed by atoms with Crippen LogP contribution in [0.4, 0.5) is 14.0 Å². The van der Waals surface area contributed by atoms with E-state index in [1.165, 1.54) is 17.0 Å². The smallest absolute Gasteiger partial charge is 0.338 e. The lowest BCUT2D eigenvalue weighted by atomic mass is 9.94. The molecule has 9 nitrogen and oxygen atoms in total. The van der Waals surface area contributed by atoms with Crippen molar-refractivity contribution in [3.63, 3.8) is 0 Å². The molecule has 0 spiro atoms. The van der Waals surface area contributed by atoms with Crippen LogP contribution >= 0.6 is 0 Å². The lowest BCUT2D eigenvalue weighted by Gasteiger charge is -2.40. The minimum atomic E-state index is -0.825. The van der Waals surface area contributed by atoms with Crippen molar-refractivity contribution in [2.45, 2.75) is 46.2 Å². The molecule has 1 aromatic rings. The fourth-order valence-electron chi connectivity index (χ4n) is 4.31. The van der Waals surface area contributed by atoms with Crippen molar-refractivity contribution in [1.82, 2.24) is 25.3 Å². The summed E-state index contributed by atoms with van der Waals surface area (Å²) in [6, 6.07) is 4.57. The third-order valence-corrected chi connectivity index (χ3v) is 5.95. The highest BCUT2D eigenvalue weighted by Crippen LogP contribution is 2.32. The van der Waals surface area contributed by atoms with Gasteiger partial charge in [0.2, 0.25) is 0 Å². The molecule has 0 radical (unpaired) electrons. The number of carbonyl (C=O) groups is 3. The normalized spacial score (nSPS) is 19.5. The maximum atomic E-state index is 14.0. The highest BCUT2D eigenvalue weighted by Gasteiger charge is 2.38. The molecule has 35 heavy (non-hydrogen) atoms. The van der Waals surface area contributed by atoms with Crippen molar-refractivity contribution in [3.05, 3.63) is 46.9 Å². The van der Waals surface area contributed by atoms with Gasteiger partial charge in [-0.3, -0.25) is 9.80 Å². The summed E-state index contributed by atoms with van der Waals surface area (Å²) in [4.78, 5) is 44.1. The van der Waals surface area contributed by atoms with Gasteiger partial charge in [-0.15, -0.1) is 0 Å². The van der Waals surface area contributed by atoms with Crippen molar-refractivity contribution in [3.8, 4) is 0 Å². The molecule has 1 atom stereocenters. The van der Waals surface area contributed by atoms with Crippen LogP contribution in [0.5, 0.6) is 0 Å². The predicted molar refractivity (Wildman–Crippen MR) is 130 cm³/mol. The quantitative estimate of drug-likeness (QED) is 0.600.